The van der Waals surface area contributed by atoms with Crippen molar-refractivity contribution >= 4 is 35.0 Å². The summed E-state index contributed by atoms with van der Waals surface area (Å²) in [5.74, 6) is 0.760. The number of rotatable bonds is 4. The van der Waals surface area contributed by atoms with Gasteiger partial charge < -0.3 is 0 Å². The maximum atomic E-state index is 9.13. The largest absolute Gasteiger partial charge is 0.299 e. The van der Waals surface area contributed by atoms with Crippen LogP contribution in [0.2, 0.25) is 10.0 Å². The first kappa shape index (κ1) is 17.6. The van der Waals surface area contributed by atoms with Gasteiger partial charge >= 0.3 is 0 Å². The Morgan fingerprint density at radius 3 is 2.67 bits per heavy atom. The molecule has 0 aliphatic heterocycles. The van der Waals surface area contributed by atoms with E-state index in [-0.39, 0.29) is 5.25 Å². The molecule has 1 heterocycles. The molecule has 1 aliphatic rings. The topological polar surface area (TPSA) is 54.5 Å². The molecule has 1 aliphatic carbocycles. The fourth-order valence-corrected chi connectivity index (χ4v) is 4.36. The van der Waals surface area contributed by atoms with Crippen molar-refractivity contribution in [1.29, 1.82) is 5.26 Å². The lowest BCUT2D eigenvalue weighted by molar-refractivity contribution is 0.339. The molecule has 7 heteroatoms. The number of nitriles is 1. The van der Waals surface area contributed by atoms with Gasteiger partial charge in [0.05, 0.1) is 16.3 Å². The predicted octanol–water partition coefficient (Wildman–Crippen LogP) is 5.76. The van der Waals surface area contributed by atoms with E-state index in [2.05, 4.69) is 20.8 Å². The number of aromatic nitrogens is 3. The summed E-state index contributed by atoms with van der Waals surface area (Å²) in [6, 6.07) is 8.02. The molecule has 1 atom stereocenters. The summed E-state index contributed by atoms with van der Waals surface area (Å²) in [5.41, 5.74) is 0.829. The Labute approximate surface area is 156 Å². The van der Waals surface area contributed by atoms with Gasteiger partial charge in [-0.25, -0.2) is 0 Å². The zero-order valence-electron chi connectivity index (χ0n) is 13.4. The highest BCUT2D eigenvalue weighted by molar-refractivity contribution is 8.00. The Morgan fingerprint density at radius 1 is 1.25 bits per heavy atom. The number of hydrogen-bond acceptors (Lipinski definition) is 4. The average molecular weight is 381 g/mol. The minimum Gasteiger partial charge on any atom is -0.299 e. The van der Waals surface area contributed by atoms with Crippen LogP contribution in [0.3, 0.4) is 0 Å². The lowest BCUT2D eigenvalue weighted by atomic mass is 9.95. The van der Waals surface area contributed by atoms with Crippen molar-refractivity contribution in [3.63, 3.8) is 0 Å². The molecule has 1 aromatic heterocycles. The Bertz CT molecular complexity index is 762. The van der Waals surface area contributed by atoms with E-state index in [1.807, 2.05) is 19.1 Å². The van der Waals surface area contributed by atoms with Gasteiger partial charge in [0.25, 0.3) is 0 Å². The smallest absolute Gasteiger partial charge is 0.193 e. The number of hydrogen-bond donors (Lipinski definition) is 0. The Hall–Kier alpha value is -1.22. The summed E-state index contributed by atoms with van der Waals surface area (Å²) in [7, 11) is 0. The molecule has 0 radical (unpaired) electrons. The van der Waals surface area contributed by atoms with Crippen LogP contribution in [0.4, 0.5) is 0 Å². The van der Waals surface area contributed by atoms with Gasteiger partial charge in [0, 0.05) is 16.6 Å². The maximum Gasteiger partial charge on any atom is 0.193 e. The lowest BCUT2D eigenvalue weighted by Crippen LogP contribution is -2.15. The van der Waals surface area contributed by atoms with E-state index >= 15 is 0 Å². The molecule has 0 bridgehead atoms. The molecular weight excluding hydrogens is 363 g/mol. The van der Waals surface area contributed by atoms with Crippen molar-refractivity contribution in [2.45, 2.75) is 55.5 Å². The third kappa shape index (κ3) is 3.72. The number of halogens is 2. The monoisotopic (exact) mass is 380 g/mol. The van der Waals surface area contributed by atoms with Gasteiger partial charge in [-0.1, -0.05) is 54.2 Å². The Morgan fingerprint density at radius 2 is 2.00 bits per heavy atom. The zero-order valence-corrected chi connectivity index (χ0v) is 15.7. The molecule has 126 valence electrons. The summed E-state index contributed by atoms with van der Waals surface area (Å²) in [6.07, 6.45) is 5.88. The van der Waals surface area contributed by atoms with E-state index in [0.29, 0.717) is 16.1 Å². The predicted molar refractivity (Wildman–Crippen MR) is 98.5 cm³/mol. The molecular formula is C17H18Cl2N4S. The third-order valence-corrected chi connectivity index (χ3v) is 5.74. The summed E-state index contributed by atoms with van der Waals surface area (Å²) in [4.78, 5) is 0. The standard InChI is InChI=1S/C17H18Cl2N4S/c1-11(10-20)24-17-22-21-16(14-8-7-12(18)9-15(14)19)23(17)13-5-3-2-4-6-13/h7-9,11,13H,2-6H2,1H3. The van der Waals surface area contributed by atoms with E-state index in [9.17, 15) is 0 Å². The van der Waals surface area contributed by atoms with Crippen molar-refractivity contribution in [3.8, 4) is 17.5 Å². The second-order valence-corrected chi connectivity index (χ2v) is 8.13. The SMILES string of the molecule is CC(C#N)Sc1nnc(-c2ccc(Cl)cc2Cl)n1C1CCCCC1. The van der Waals surface area contributed by atoms with E-state index in [1.54, 1.807) is 6.07 Å². The lowest BCUT2D eigenvalue weighted by Gasteiger charge is -2.26. The van der Waals surface area contributed by atoms with Crippen LogP contribution in [0.5, 0.6) is 0 Å². The third-order valence-electron chi connectivity index (χ3n) is 4.24. The molecule has 24 heavy (non-hydrogen) atoms. The average Bonchev–Trinajstić information content (AvgIpc) is 2.98. The van der Waals surface area contributed by atoms with E-state index in [1.165, 1.54) is 31.0 Å². The van der Waals surface area contributed by atoms with Gasteiger partial charge in [0.1, 0.15) is 0 Å². The minimum absolute atomic E-state index is 0.176. The highest BCUT2D eigenvalue weighted by Gasteiger charge is 2.25. The summed E-state index contributed by atoms with van der Waals surface area (Å²) >= 11 is 13.9. The Kier molecular flexibility index (Phi) is 5.70. The van der Waals surface area contributed by atoms with Crippen LogP contribution in [-0.2, 0) is 0 Å². The molecule has 2 aromatic rings. The first-order valence-corrected chi connectivity index (χ1v) is 9.70. The van der Waals surface area contributed by atoms with Crippen LogP contribution < -0.4 is 0 Å². The zero-order chi connectivity index (χ0) is 17.1. The molecule has 0 amide bonds. The summed E-state index contributed by atoms with van der Waals surface area (Å²) in [6.45, 7) is 1.87. The summed E-state index contributed by atoms with van der Waals surface area (Å²) in [5, 5.41) is 19.7. The van der Waals surface area contributed by atoms with Crippen molar-refractivity contribution in [2.24, 2.45) is 0 Å². The normalized spacial score (nSPS) is 16.8. The molecule has 1 fully saturated rings. The van der Waals surface area contributed by atoms with Crippen molar-refractivity contribution < 1.29 is 0 Å². The van der Waals surface area contributed by atoms with Gasteiger partial charge in [-0.2, -0.15) is 5.26 Å². The molecule has 1 saturated carbocycles. The van der Waals surface area contributed by atoms with E-state index in [4.69, 9.17) is 28.5 Å². The van der Waals surface area contributed by atoms with Crippen LogP contribution >= 0.6 is 35.0 Å². The van der Waals surface area contributed by atoms with Crippen LogP contribution in [0, 0.1) is 11.3 Å². The van der Waals surface area contributed by atoms with Crippen LogP contribution in [0.25, 0.3) is 11.4 Å². The Balaban J connectivity index is 2.06. The van der Waals surface area contributed by atoms with Gasteiger partial charge in [-0.3, -0.25) is 4.57 Å². The van der Waals surface area contributed by atoms with Gasteiger partial charge in [0.2, 0.25) is 0 Å². The van der Waals surface area contributed by atoms with Crippen molar-refractivity contribution in [2.75, 3.05) is 0 Å². The van der Waals surface area contributed by atoms with Crippen LogP contribution in [-0.4, -0.2) is 20.0 Å². The second-order valence-electron chi connectivity index (χ2n) is 5.98. The quantitative estimate of drug-likeness (QED) is 0.632. The van der Waals surface area contributed by atoms with Gasteiger partial charge in [-0.05, 0) is 38.0 Å². The van der Waals surface area contributed by atoms with E-state index < -0.39 is 0 Å². The van der Waals surface area contributed by atoms with Crippen LogP contribution in [0.15, 0.2) is 23.4 Å². The fraction of sp³-hybridized carbons (Fsp3) is 0.471. The molecule has 3 rings (SSSR count). The molecule has 0 N–H and O–H groups in total. The fourth-order valence-electron chi connectivity index (χ4n) is 3.06. The molecule has 1 aromatic carbocycles. The van der Waals surface area contributed by atoms with Crippen molar-refractivity contribution in [1.82, 2.24) is 14.8 Å². The number of nitrogens with zero attached hydrogens (tertiary/aromatic N) is 4. The second kappa shape index (κ2) is 7.77. The van der Waals surface area contributed by atoms with Crippen molar-refractivity contribution in [3.05, 3.63) is 28.2 Å². The number of thioether (sulfide) groups is 1. The first-order valence-electron chi connectivity index (χ1n) is 8.06. The highest BCUT2D eigenvalue weighted by atomic mass is 35.5. The van der Waals surface area contributed by atoms with Gasteiger partial charge in [0.15, 0.2) is 11.0 Å². The first-order chi connectivity index (χ1) is 11.6. The minimum atomic E-state index is -0.176. The molecule has 1 unspecified atom stereocenters. The van der Waals surface area contributed by atoms with Crippen LogP contribution in [0.1, 0.15) is 45.1 Å². The summed E-state index contributed by atoms with van der Waals surface area (Å²) < 4.78 is 2.17. The van der Waals surface area contributed by atoms with E-state index in [0.717, 1.165) is 29.4 Å². The van der Waals surface area contributed by atoms with Gasteiger partial charge in [-0.15, -0.1) is 10.2 Å². The highest BCUT2D eigenvalue weighted by Crippen LogP contribution is 2.38. The number of benzene rings is 1. The molecule has 0 spiro atoms. The molecule has 0 saturated heterocycles. The molecule has 4 nitrogen and oxygen atoms in total. The maximum absolute atomic E-state index is 9.13.